The average Bonchev–Trinajstić information content (AvgIpc) is 1.82. The van der Waals surface area contributed by atoms with E-state index in [0.29, 0.717) is 4.48 Å². The molecule has 0 spiro atoms. The van der Waals surface area contributed by atoms with Crippen molar-refractivity contribution in [2.24, 2.45) is 5.92 Å². The first-order valence-electron chi connectivity index (χ1n) is 4.31. The fourth-order valence-corrected chi connectivity index (χ4v) is 1.42. The van der Waals surface area contributed by atoms with E-state index in [2.05, 4.69) is 0 Å². The second-order valence-electron chi connectivity index (χ2n) is 4.77. The Kier molecular flexibility index (Phi) is 3.29. The molecule has 0 aromatic carbocycles. The van der Waals surface area contributed by atoms with Crippen LogP contribution in [0.15, 0.2) is 0 Å². The Labute approximate surface area is 75.2 Å². The van der Waals surface area contributed by atoms with Gasteiger partial charge in [0.15, 0.2) is 0 Å². The summed E-state index contributed by atoms with van der Waals surface area (Å²) in [5.74, 6) is 0.220. The number of hydrogen-bond acceptors (Lipinski definition) is 2. The molecule has 2 N–H and O–H groups in total. The van der Waals surface area contributed by atoms with Crippen molar-refractivity contribution in [1.29, 1.82) is 0 Å². The van der Waals surface area contributed by atoms with Crippen LogP contribution in [0.25, 0.3) is 0 Å². The highest BCUT2D eigenvalue weighted by atomic mass is 16.5. The van der Waals surface area contributed by atoms with E-state index in [0.717, 1.165) is 0 Å². The van der Waals surface area contributed by atoms with Gasteiger partial charge in [0, 0.05) is 5.92 Å². The van der Waals surface area contributed by atoms with Crippen LogP contribution in [-0.4, -0.2) is 47.7 Å². The third kappa shape index (κ3) is 1.79. The maximum atomic E-state index is 9.32. The van der Waals surface area contributed by atoms with Gasteiger partial charge in [0.1, 0.15) is 5.54 Å². The molecule has 0 aliphatic rings. The molecule has 3 heteroatoms. The van der Waals surface area contributed by atoms with Crippen molar-refractivity contribution in [1.82, 2.24) is 0 Å². The van der Waals surface area contributed by atoms with Crippen molar-refractivity contribution in [3.63, 3.8) is 0 Å². The molecule has 0 aromatic rings. The highest BCUT2D eigenvalue weighted by Gasteiger charge is 2.47. The van der Waals surface area contributed by atoms with Crippen LogP contribution in [0.5, 0.6) is 0 Å². The van der Waals surface area contributed by atoms with Gasteiger partial charge in [-0.2, -0.15) is 0 Å². The predicted octanol–water partition coefficient (Wildman–Crippen LogP) is 0.418. The molecule has 0 amide bonds. The van der Waals surface area contributed by atoms with Gasteiger partial charge in [-0.3, -0.25) is 0 Å². The largest absolute Gasteiger partial charge is 0.363 e. The van der Waals surface area contributed by atoms with Gasteiger partial charge >= 0.3 is 0 Å². The first-order valence-corrected chi connectivity index (χ1v) is 4.31. The first-order chi connectivity index (χ1) is 5.14. The number of aliphatic hydroxyl groups excluding tert-OH is 1. The van der Waals surface area contributed by atoms with Gasteiger partial charge in [0.05, 0.1) is 21.1 Å². The van der Waals surface area contributed by atoms with E-state index >= 15 is 0 Å². The Hall–Kier alpha value is -0.120. The van der Waals surface area contributed by atoms with Crippen molar-refractivity contribution in [2.75, 3.05) is 21.1 Å². The lowest BCUT2D eigenvalue weighted by Crippen LogP contribution is -2.64. The van der Waals surface area contributed by atoms with Crippen LogP contribution in [0.3, 0.4) is 0 Å². The highest BCUT2D eigenvalue weighted by molar-refractivity contribution is 4.80. The highest BCUT2D eigenvalue weighted by Crippen LogP contribution is 2.29. The summed E-state index contributed by atoms with van der Waals surface area (Å²) in [7, 11) is 5.92. The van der Waals surface area contributed by atoms with Crippen LogP contribution in [0.4, 0.5) is 0 Å². The number of aliphatic hydroxyl groups is 2. The van der Waals surface area contributed by atoms with Crippen LogP contribution in [0.2, 0.25) is 0 Å². The monoisotopic (exact) mass is 176 g/mol. The summed E-state index contributed by atoms with van der Waals surface area (Å²) in [6, 6.07) is 0. The van der Waals surface area contributed by atoms with Crippen LogP contribution in [0, 0.1) is 5.92 Å². The maximum absolute atomic E-state index is 9.32. The van der Waals surface area contributed by atoms with Crippen molar-refractivity contribution in [3.8, 4) is 0 Å². The number of rotatable bonds is 3. The predicted molar refractivity (Wildman–Crippen MR) is 49.5 cm³/mol. The lowest BCUT2D eigenvalue weighted by molar-refractivity contribution is -0.934. The number of hydrogen-bond donors (Lipinski definition) is 2. The second kappa shape index (κ2) is 3.32. The fourth-order valence-electron chi connectivity index (χ4n) is 1.42. The van der Waals surface area contributed by atoms with E-state index in [4.69, 9.17) is 0 Å². The van der Waals surface area contributed by atoms with E-state index in [9.17, 15) is 10.2 Å². The molecule has 0 saturated carbocycles. The zero-order valence-electron chi connectivity index (χ0n) is 9.00. The number of nitrogens with zero attached hydrogens (tertiary/aromatic N) is 1. The molecule has 74 valence electrons. The molecule has 0 heterocycles. The van der Waals surface area contributed by atoms with Crippen molar-refractivity contribution >= 4 is 0 Å². The SMILES string of the molecule is CC(C)C(C)(C(O)O)[N+](C)(C)C. The number of quaternary nitrogens is 1. The van der Waals surface area contributed by atoms with Gasteiger partial charge in [0.25, 0.3) is 0 Å². The maximum Gasteiger partial charge on any atom is 0.208 e. The van der Waals surface area contributed by atoms with E-state index in [1.807, 2.05) is 41.9 Å². The lowest BCUT2D eigenvalue weighted by atomic mass is 9.84. The van der Waals surface area contributed by atoms with Crippen molar-refractivity contribution < 1.29 is 14.7 Å². The Morgan fingerprint density at radius 3 is 1.42 bits per heavy atom. The summed E-state index contributed by atoms with van der Waals surface area (Å²) in [5, 5.41) is 18.6. The standard InChI is InChI=1S/C9H22NO2/c1-7(2)9(3,8(11)12)10(4,5)6/h7-8,11-12H,1-6H3/q+1. The van der Waals surface area contributed by atoms with Crippen LogP contribution in [-0.2, 0) is 0 Å². The molecule has 3 nitrogen and oxygen atoms in total. The van der Waals surface area contributed by atoms with Gasteiger partial charge in [-0.15, -0.1) is 0 Å². The summed E-state index contributed by atoms with van der Waals surface area (Å²) < 4.78 is 0.544. The molecule has 0 saturated heterocycles. The molecule has 1 atom stereocenters. The van der Waals surface area contributed by atoms with E-state index in [1.54, 1.807) is 0 Å². The second-order valence-corrected chi connectivity index (χ2v) is 4.77. The molecule has 0 fully saturated rings. The van der Waals surface area contributed by atoms with Gasteiger partial charge in [-0.1, -0.05) is 13.8 Å². The summed E-state index contributed by atoms with van der Waals surface area (Å²) in [4.78, 5) is 0. The minimum absolute atomic E-state index is 0.220. The minimum atomic E-state index is -1.28. The summed E-state index contributed by atoms with van der Waals surface area (Å²) in [6.45, 7) is 5.90. The molecular formula is C9H22NO2+. The van der Waals surface area contributed by atoms with Crippen LogP contribution in [0.1, 0.15) is 20.8 Å². The molecule has 0 bridgehead atoms. The third-order valence-corrected chi connectivity index (χ3v) is 3.14. The summed E-state index contributed by atoms with van der Waals surface area (Å²) in [6.07, 6.45) is -1.28. The molecular weight excluding hydrogens is 154 g/mol. The Bertz CT molecular complexity index is 139. The molecule has 0 aliphatic heterocycles. The van der Waals surface area contributed by atoms with Gasteiger partial charge < -0.3 is 14.7 Å². The smallest absolute Gasteiger partial charge is 0.208 e. The summed E-state index contributed by atoms with van der Waals surface area (Å²) in [5.41, 5.74) is -0.514. The summed E-state index contributed by atoms with van der Waals surface area (Å²) >= 11 is 0. The fraction of sp³-hybridized carbons (Fsp3) is 1.00. The molecule has 0 rings (SSSR count). The van der Waals surface area contributed by atoms with Gasteiger partial charge in [-0.25, -0.2) is 0 Å². The van der Waals surface area contributed by atoms with Crippen LogP contribution >= 0.6 is 0 Å². The third-order valence-electron chi connectivity index (χ3n) is 3.14. The lowest BCUT2D eigenvalue weighted by Gasteiger charge is -2.47. The van der Waals surface area contributed by atoms with Gasteiger partial charge in [-0.05, 0) is 6.92 Å². The van der Waals surface area contributed by atoms with Gasteiger partial charge in [0.2, 0.25) is 6.29 Å². The van der Waals surface area contributed by atoms with E-state index < -0.39 is 11.8 Å². The Balaban J connectivity index is 4.89. The average molecular weight is 176 g/mol. The Morgan fingerprint density at radius 1 is 1.08 bits per heavy atom. The van der Waals surface area contributed by atoms with E-state index in [-0.39, 0.29) is 5.92 Å². The first kappa shape index (κ1) is 11.9. The van der Waals surface area contributed by atoms with Crippen molar-refractivity contribution in [2.45, 2.75) is 32.6 Å². The van der Waals surface area contributed by atoms with E-state index in [1.165, 1.54) is 0 Å². The van der Waals surface area contributed by atoms with Crippen molar-refractivity contribution in [3.05, 3.63) is 0 Å². The molecule has 0 aliphatic carbocycles. The zero-order valence-corrected chi connectivity index (χ0v) is 9.00. The van der Waals surface area contributed by atoms with Crippen LogP contribution < -0.4 is 0 Å². The quantitative estimate of drug-likeness (QED) is 0.483. The molecule has 1 unspecified atom stereocenters. The molecule has 0 radical (unpaired) electrons. The normalized spacial score (nSPS) is 18.5. The number of likely N-dealkylation sites (N-methyl/N-ethyl adjacent to an activating group) is 1. The minimum Gasteiger partial charge on any atom is -0.363 e. The zero-order chi connectivity index (χ0) is 10.2. The molecule has 0 aromatic heterocycles. The topological polar surface area (TPSA) is 40.5 Å². The Morgan fingerprint density at radius 2 is 1.42 bits per heavy atom. The molecule has 12 heavy (non-hydrogen) atoms.